The molecule has 6 aromatic carbocycles. The number of nitrogens with zero attached hydrogens (tertiary/aromatic N) is 2. The van der Waals surface area contributed by atoms with Crippen LogP contribution in [0.25, 0.3) is 66.4 Å². The zero-order chi connectivity index (χ0) is 27.6. The number of aromatic nitrogens is 1. The lowest BCUT2D eigenvalue weighted by Gasteiger charge is -2.25. The number of rotatable bonds is 4. The lowest BCUT2D eigenvalue weighted by atomic mass is 10.0. The molecule has 42 heavy (non-hydrogen) atoms. The molecule has 0 aliphatic heterocycles. The summed E-state index contributed by atoms with van der Waals surface area (Å²) in [4.78, 5) is 7.01. The lowest BCUT2D eigenvalue weighted by Crippen LogP contribution is -2.09. The van der Waals surface area contributed by atoms with Gasteiger partial charge in [-0.1, -0.05) is 66.7 Å². The molecule has 0 aliphatic rings. The van der Waals surface area contributed by atoms with Gasteiger partial charge in [-0.3, -0.25) is 0 Å². The third kappa shape index (κ3) is 3.40. The summed E-state index contributed by atoms with van der Waals surface area (Å²) in [5, 5.41) is 4.16. The Labute approximate surface area is 239 Å². The van der Waals surface area contributed by atoms with E-state index >= 15 is 0 Å². The smallest absolute Gasteiger partial charge is 0.228 e. The summed E-state index contributed by atoms with van der Waals surface area (Å²) < 4.78 is 19.1. The number of hydrogen-bond donors (Lipinski definition) is 0. The summed E-state index contributed by atoms with van der Waals surface area (Å²) in [6.07, 6.45) is 0. The molecule has 0 saturated carbocycles. The van der Waals surface area contributed by atoms with Crippen LogP contribution >= 0.6 is 0 Å². The third-order valence-corrected chi connectivity index (χ3v) is 7.90. The van der Waals surface area contributed by atoms with Gasteiger partial charge in [-0.05, 0) is 60.7 Å². The molecule has 0 radical (unpaired) electrons. The van der Waals surface area contributed by atoms with Crippen molar-refractivity contribution in [2.24, 2.45) is 0 Å². The fourth-order valence-corrected chi connectivity index (χ4v) is 6.03. The predicted octanol–water partition coefficient (Wildman–Crippen LogP) is 10.8. The van der Waals surface area contributed by atoms with Gasteiger partial charge in [-0.2, -0.15) is 0 Å². The van der Waals surface area contributed by atoms with Gasteiger partial charge in [-0.25, -0.2) is 4.98 Å². The van der Waals surface area contributed by atoms with Crippen molar-refractivity contribution in [1.29, 1.82) is 0 Å². The summed E-state index contributed by atoms with van der Waals surface area (Å²) >= 11 is 0. The number of fused-ring (bicyclic) bond motifs is 7. The maximum Gasteiger partial charge on any atom is 0.228 e. The molecule has 0 unspecified atom stereocenters. The minimum Gasteiger partial charge on any atom is -0.456 e. The molecule has 9 rings (SSSR count). The standard InChI is InChI=1S/C37H22N2O3/c1-2-10-23(11-3-1)39(24-20-21-26-25-12-4-6-17-31(25)40-34(26)22-24)30-16-8-13-27-35-28(14-9-19-33(35)41-36(27)30)37-38-29-15-5-7-18-32(29)42-37/h1-22H. The van der Waals surface area contributed by atoms with Crippen LogP contribution in [0, 0.1) is 0 Å². The molecule has 9 aromatic rings. The van der Waals surface area contributed by atoms with E-state index in [-0.39, 0.29) is 0 Å². The highest BCUT2D eigenvalue weighted by atomic mass is 16.4. The molecule has 0 amide bonds. The molecular weight excluding hydrogens is 520 g/mol. The lowest BCUT2D eigenvalue weighted by molar-refractivity contribution is 0.620. The first-order valence-electron chi connectivity index (χ1n) is 13.9. The van der Waals surface area contributed by atoms with E-state index in [1.807, 2.05) is 78.9 Å². The first-order chi connectivity index (χ1) is 20.8. The maximum absolute atomic E-state index is 6.64. The van der Waals surface area contributed by atoms with Crippen molar-refractivity contribution in [3.05, 3.63) is 133 Å². The van der Waals surface area contributed by atoms with Crippen molar-refractivity contribution >= 4 is 72.0 Å². The largest absolute Gasteiger partial charge is 0.456 e. The Bertz CT molecular complexity index is 2400. The van der Waals surface area contributed by atoms with Crippen LogP contribution in [0.3, 0.4) is 0 Å². The van der Waals surface area contributed by atoms with Crippen LogP contribution in [0.5, 0.6) is 0 Å². The van der Waals surface area contributed by atoms with Crippen LogP contribution in [0.1, 0.15) is 0 Å². The van der Waals surface area contributed by atoms with Crippen LogP contribution in [-0.4, -0.2) is 4.98 Å². The Kier molecular flexibility index (Phi) is 4.83. The first kappa shape index (κ1) is 22.9. The number of anilines is 3. The molecule has 0 bridgehead atoms. The molecule has 0 N–H and O–H groups in total. The Morgan fingerprint density at radius 2 is 1.21 bits per heavy atom. The van der Waals surface area contributed by atoms with Crippen molar-refractivity contribution in [2.75, 3.05) is 4.90 Å². The second kappa shape index (κ2) is 8.85. The molecule has 0 atom stereocenters. The number of furan rings is 2. The minimum atomic E-state index is 0.574. The van der Waals surface area contributed by atoms with Gasteiger partial charge in [-0.15, -0.1) is 0 Å². The van der Waals surface area contributed by atoms with Crippen LogP contribution in [-0.2, 0) is 0 Å². The van der Waals surface area contributed by atoms with E-state index in [2.05, 4.69) is 59.5 Å². The third-order valence-electron chi connectivity index (χ3n) is 7.90. The molecular formula is C37H22N2O3. The van der Waals surface area contributed by atoms with E-state index in [0.29, 0.717) is 5.89 Å². The molecule has 3 aromatic heterocycles. The SMILES string of the molecule is c1ccc(N(c2ccc3c(c2)oc2ccccc23)c2cccc3c2oc2cccc(-c4nc5ccccc5o4)c23)cc1. The summed E-state index contributed by atoms with van der Waals surface area (Å²) in [5.41, 5.74) is 8.67. The van der Waals surface area contributed by atoms with E-state index in [0.717, 1.165) is 77.6 Å². The Morgan fingerprint density at radius 3 is 2.12 bits per heavy atom. The van der Waals surface area contributed by atoms with E-state index in [1.165, 1.54) is 0 Å². The molecule has 0 spiro atoms. The summed E-state index contributed by atoms with van der Waals surface area (Å²) in [6.45, 7) is 0. The Hall–Kier alpha value is -5.81. The van der Waals surface area contributed by atoms with Gasteiger partial charge < -0.3 is 18.2 Å². The van der Waals surface area contributed by atoms with Gasteiger partial charge in [0, 0.05) is 38.9 Å². The van der Waals surface area contributed by atoms with E-state index in [4.69, 9.17) is 18.2 Å². The second-order valence-corrected chi connectivity index (χ2v) is 10.4. The average molecular weight is 543 g/mol. The quantitative estimate of drug-likeness (QED) is 0.221. The van der Waals surface area contributed by atoms with Crippen molar-refractivity contribution in [3.8, 4) is 11.5 Å². The molecule has 0 fully saturated rings. The summed E-state index contributed by atoms with van der Waals surface area (Å²) in [5.74, 6) is 0.574. The van der Waals surface area contributed by atoms with Gasteiger partial charge >= 0.3 is 0 Å². The highest BCUT2D eigenvalue weighted by Gasteiger charge is 2.22. The molecule has 0 aliphatic carbocycles. The van der Waals surface area contributed by atoms with Gasteiger partial charge in [0.2, 0.25) is 5.89 Å². The van der Waals surface area contributed by atoms with Crippen LogP contribution in [0.15, 0.2) is 147 Å². The molecule has 198 valence electrons. The number of benzene rings is 6. The van der Waals surface area contributed by atoms with Gasteiger partial charge in [0.25, 0.3) is 0 Å². The van der Waals surface area contributed by atoms with E-state index in [1.54, 1.807) is 0 Å². The van der Waals surface area contributed by atoms with Gasteiger partial charge in [0.15, 0.2) is 11.2 Å². The number of para-hydroxylation sites is 5. The highest BCUT2D eigenvalue weighted by molar-refractivity contribution is 6.15. The van der Waals surface area contributed by atoms with Crippen molar-refractivity contribution in [2.45, 2.75) is 0 Å². The van der Waals surface area contributed by atoms with E-state index in [9.17, 15) is 0 Å². The highest BCUT2D eigenvalue weighted by Crippen LogP contribution is 2.45. The molecule has 3 heterocycles. The van der Waals surface area contributed by atoms with Crippen molar-refractivity contribution < 1.29 is 13.3 Å². The molecule has 0 saturated heterocycles. The maximum atomic E-state index is 6.64. The van der Waals surface area contributed by atoms with Crippen molar-refractivity contribution in [1.82, 2.24) is 4.98 Å². The predicted molar refractivity (Wildman–Crippen MR) is 169 cm³/mol. The van der Waals surface area contributed by atoms with Gasteiger partial charge in [0.05, 0.1) is 11.4 Å². The fourth-order valence-electron chi connectivity index (χ4n) is 6.03. The minimum absolute atomic E-state index is 0.574. The first-order valence-corrected chi connectivity index (χ1v) is 13.9. The fraction of sp³-hybridized carbons (Fsp3) is 0. The zero-order valence-electron chi connectivity index (χ0n) is 22.3. The van der Waals surface area contributed by atoms with Crippen LogP contribution in [0.4, 0.5) is 17.1 Å². The van der Waals surface area contributed by atoms with Crippen LogP contribution < -0.4 is 4.90 Å². The number of hydrogen-bond acceptors (Lipinski definition) is 5. The molecule has 5 nitrogen and oxygen atoms in total. The van der Waals surface area contributed by atoms with E-state index < -0.39 is 0 Å². The van der Waals surface area contributed by atoms with Crippen LogP contribution in [0.2, 0.25) is 0 Å². The molecule has 5 heteroatoms. The number of oxazole rings is 1. The topological polar surface area (TPSA) is 55.6 Å². The van der Waals surface area contributed by atoms with Crippen molar-refractivity contribution in [3.63, 3.8) is 0 Å². The Balaban J connectivity index is 1.29. The normalized spacial score (nSPS) is 11.8. The summed E-state index contributed by atoms with van der Waals surface area (Å²) in [6, 6.07) is 45.0. The monoisotopic (exact) mass is 542 g/mol. The Morgan fingerprint density at radius 1 is 0.476 bits per heavy atom. The van der Waals surface area contributed by atoms with Gasteiger partial charge in [0.1, 0.15) is 22.3 Å². The zero-order valence-corrected chi connectivity index (χ0v) is 22.3. The second-order valence-electron chi connectivity index (χ2n) is 10.4. The average Bonchev–Trinajstić information content (AvgIpc) is 3.75. The summed E-state index contributed by atoms with van der Waals surface area (Å²) in [7, 11) is 0.